The molecule has 0 atom stereocenters. The molecule has 148 valence electrons. The number of hydrogen-bond acceptors (Lipinski definition) is 3. The number of anilines is 2. The largest absolute Gasteiger partial charge is 0.508 e. The van der Waals surface area contributed by atoms with E-state index in [0.29, 0.717) is 17.7 Å². The Morgan fingerprint density at radius 2 is 1.79 bits per heavy atom. The van der Waals surface area contributed by atoms with Crippen LogP contribution in [0.1, 0.15) is 44.1 Å². The Morgan fingerprint density at radius 3 is 2.54 bits per heavy atom. The molecule has 0 aliphatic heterocycles. The molecule has 2 amide bonds. The fourth-order valence-electron chi connectivity index (χ4n) is 3.49. The van der Waals surface area contributed by atoms with Crippen molar-refractivity contribution in [3.05, 3.63) is 53.8 Å². The van der Waals surface area contributed by atoms with Gasteiger partial charge in [-0.25, -0.2) is 4.39 Å². The number of aryl methyl sites for hydroxylation is 1. The molecule has 5 nitrogen and oxygen atoms in total. The van der Waals surface area contributed by atoms with E-state index < -0.39 is 5.82 Å². The summed E-state index contributed by atoms with van der Waals surface area (Å²) in [5.74, 6) is -0.868. The highest BCUT2D eigenvalue weighted by molar-refractivity contribution is 5.95. The molecule has 0 radical (unpaired) electrons. The fourth-order valence-corrected chi connectivity index (χ4v) is 3.49. The second-order valence-corrected chi connectivity index (χ2v) is 7.20. The van der Waals surface area contributed by atoms with Crippen LogP contribution in [0, 0.1) is 11.7 Å². The molecule has 1 aliphatic rings. The van der Waals surface area contributed by atoms with Crippen molar-refractivity contribution in [3.8, 4) is 5.75 Å². The lowest BCUT2D eigenvalue weighted by Gasteiger charge is -2.21. The Bertz CT molecular complexity index is 847. The van der Waals surface area contributed by atoms with Crippen LogP contribution < -0.4 is 10.6 Å². The topological polar surface area (TPSA) is 78.4 Å². The van der Waals surface area contributed by atoms with Gasteiger partial charge in [-0.15, -0.1) is 0 Å². The summed E-state index contributed by atoms with van der Waals surface area (Å²) in [5, 5.41) is 15.1. The summed E-state index contributed by atoms with van der Waals surface area (Å²) >= 11 is 0. The van der Waals surface area contributed by atoms with Crippen LogP contribution in [-0.4, -0.2) is 16.9 Å². The molecule has 0 spiro atoms. The number of halogens is 1. The lowest BCUT2D eigenvalue weighted by atomic mass is 9.88. The third-order valence-electron chi connectivity index (χ3n) is 5.10. The summed E-state index contributed by atoms with van der Waals surface area (Å²) in [7, 11) is 0. The summed E-state index contributed by atoms with van der Waals surface area (Å²) in [4.78, 5) is 24.5. The quantitative estimate of drug-likeness (QED) is 0.680. The minimum atomic E-state index is -0.531. The number of benzene rings is 2. The third-order valence-corrected chi connectivity index (χ3v) is 5.10. The first-order valence-electron chi connectivity index (χ1n) is 9.70. The molecule has 0 heterocycles. The average Bonchev–Trinajstić information content (AvgIpc) is 2.70. The highest BCUT2D eigenvalue weighted by atomic mass is 19.1. The summed E-state index contributed by atoms with van der Waals surface area (Å²) in [6, 6.07) is 11.0. The molecule has 0 unspecified atom stereocenters. The molecule has 1 fully saturated rings. The van der Waals surface area contributed by atoms with E-state index in [1.807, 2.05) is 0 Å². The Balaban J connectivity index is 1.58. The maximum absolute atomic E-state index is 14.1. The van der Waals surface area contributed by atoms with Gasteiger partial charge in [0.1, 0.15) is 11.6 Å². The molecule has 0 saturated heterocycles. The molecule has 2 aromatic rings. The standard InChI is InChI=1S/C22H25FN2O3/c23-18-12-11-17(14-19(18)25-22(28)16-7-2-1-3-8-16)24-21(27)13-10-15-6-4-5-9-20(15)26/h4-6,9,11-12,14,16,26H,1-3,7-8,10,13H2,(H,24,27)(H,25,28). The maximum atomic E-state index is 14.1. The van der Waals surface area contributed by atoms with Gasteiger partial charge in [0.25, 0.3) is 0 Å². The average molecular weight is 384 g/mol. The van der Waals surface area contributed by atoms with E-state index in [2.05, 4.69) is 10.6 Å². The summed E-state index contributed by atoms with van der Waals surface area (Å²) in [5.41, 5.74) is 1.19. The summed E-state index contributed by atoms with van der Waals surface area (Å²) in [6.07, 6.45) is 5.41. The molecule has 28 heavy (non-hydrogen) atoms. The SMILES string of the molecule is O=C(CCc1ccccc1O)Nc1ccc(F)c(NC(=O)C2CCCCC2)c1. The molecular weight excluding hydrogens is 359 g/mol. The fraction of sp³-hybridized carbons (Fsp3) is 0.364. The Hall–Kier alpha value is -2.89. The van der Waals surface area contributed by atoms with E-state index >= 15 is 0 Å². The van der Waals surface area contributed by atoms with E-state index in [-0.39, 0.29) is 35.6 Å². The number of amides is 2. The first-order valence-corrected chi connectivity index (χ1v) is 9.70. The van der Waals surface area contributed by atoms with Gasteiger partial charge in [-0.05, 0) is 49.1 Å². The van der Waals surface area contributed by atoms with Gasteiger partial charge in [0.2, 0.25) is 11.8 Å². The lowest BCUT2D eigenvalue weighted by Crippen LogP contribution is -2.25. The number of nitrogens with one attached hydrogen (secondary N) is 2. The van der Waals surface area contributed by atoms with Gasteiger partial charge in [0.15, 0.2) is 0 Å². The highest BCUT2D eigenvalue weighted by Gasteiger charge is 2.22. The van der Waals surface area contributed by atoms with Crippen LogP contribution in [0.5, 0.6) is 5.75 Å². The van der Waals surface area contributed by atoms with Crippen molar-refractivity contribution < 1.29 is 19.1 Å². The molecule has 1 aliphatic carbocycles. The van der Waals surface area contributed by atoms with Crippen LogP contribution in [0.15, 0.2) is 42.5 Å². The molecule has 1 saturated carbocycles. The van der Waals surface area contributed by atoms with Gasteiger partial charge in [-0.3, -0.25) is 9.59 Å². The van der Waals surface area contributed by atoms with E-state index in [1.54, 1.807) is 24.3 Å². The van der Waals surface area contributed by atoms with Crippen LogP contribution in [0.25, 0.3) is 0 Å². The number of rotatable bonds is 6. The van der Waals surface area contributed by atoms with Crippen LogP contribution in [0.3, 0.4) is 0 Å². The summed E-state index contributed by atoms with van der Waals surface area (Å²) < 4.78 is 14.1. The van der Waals surface area contributed by atoms with Crippen LogP contribution in [-0.2, 0) is 16.0 Å². The number of phenolic OH excluding ortho intramolecular Hbond substituents is 1. The predicted molar refractivity (Wildman–Crippen MR) is 107 cm³/mol. The third kappa shape index (κ3) is 5.31. The lowest BCUT2D eigenvalue weighted by molar-refractivity contribution is -0.120. The molecule has 3 rings (SSSR count). The second kappa shape index (κ2) is 9.35. The van der Waals surface area contributed by atoms with Gasteiger partial charge in [-0.1, -0.05) is 37.5 Å². The van der Waals surface area contributed by atoms with Gasteiger partial charge >= 0.3 is 0 Å². The minimum absolute atomic E-state index is 0.0778. The minimum Gasteiger partial charge on any atom is -0.508 e. The zero-order valence-corrected chi connectivity index (χ0v) is 15.7. The van der Waals surface area contributed by atoms with Gasteiger partial charge in [-0.2, -0.15) is 0 Å². The highest BCUT2D eigenvalue weighted by Crippen LogP contribution is 2.27. The number of hydrogen-bond donors (Lipinski definition) is 3. The Morgan fingerprint density at radius 1 is 1.04 bits per heavy atom. The van der Waals surface area contributed by atoms with E-state index in [1.165, 1.54) is 18.2 Å². The first-order chi connectivity index (χ1) is 13.5. The van der Waals surface area contributed by atoms with Crippen LogP contribution >= 0.6 is 0 Å². The first kappa shape index (κ1) is 19.9. The summed E-state index contributed by atoms with van der Waals surface area (Å²) in [6.45, 7) is 0. The molecule has 2 aromatic carbocycles. The van der Waals surface area contributed by atoms with Crippen LogP contribution in [0.4, 0.5) is 15.8 Å². The van der Waals surface area contributed by atoms with Crippen molar-refractivity contribution >= 4 is 23.2 Å². The number of carbonyl (C=O) groups excluding carboxylic acids is 2. The Kier molecular flexibility index (Phi) is 6.63. The molecule has 0 bridgehead atoms. The van der Waals surface area contributed by atoms with E-state index in [9.17, 15) is 19.1 Å². The number of aromatic hydroxyl groups is 1. The smallest absolute Gasteiger partial charge is 0.227 e. The van der Waals surface area contributed by atoms with E-state index in [4.69, 9.17) is 0 Å². The van der Waals surface area contributed by atoms with Crippen molar-refractivity contribution in [2.45, 2.75) is 44.9 Å². The number of phenols is 1. The van der Waals surface area contributed by atoms with Crippen molar-refractivity contribution in [2.24, 2.45) is 5.92 Å². The monoisotopic (exact) mass is 384 g/mol. The van der Waals surface area contributed by atoms with Crippen LogP contribution in [0.2, 0.25) is 0 Å². The predicted octanol–water partition coefficient (Wildman–Crippen LogP) is 4.62. The van der Waals surface area contributed by atoms with Gasteiger partial charge < -0.3 is 15.7 Å². The molecule has 6 heteroatoms. The zero-order chi connectivity index (χ0) is 19.9. The number of para-hydroxylation sites is 1. The number of carbonyl (C=O) groups is 2. The van der Waals surface area contributed by atoms with Gasteiger partial charge in [0.05, 0.1) is 5.69 Å². The molecule has 0 aromatic heterocycles. The molecule has 3 N–H and O–H groups in total. The van der Waals surface area contributed by atoms with Crippen molar-refractivity contribution in [1.29, 1.82) is 0 Å². The zero-order valence-electron chi connectivity index (χ0n) is 15.7. The van der Waals surface area contributed by atoms with Gasteiger partial charge in [0, 0.05) is 18.0 Å². The van der Waals surface area contributed by atoms with Crippen molar-refractivity contribution in [1.82, 2.24) is 0 Å². The molecular formula is C22H25FN2O3. The second-order valence-electron chi connectivity index (χ2n) is 7.20. The van der Waals surface area contributed by atoms with Crippen molar-refractivity contribution in [3.63, 3.8) is 0 Å². The van der Waals surface area contributed by atoms with Crippen molar-refractivity contribution in [2.75, 3.05) is 10.6 Å². The normalized spacial score (nSPS) is 14.5. The maximum Gasteiger partial charge on any atom is 0.227 e. The Labute approximate surface area is 164 Å². The van der Waals surface area contributed by atoms with E-state index in [0.717, 1.165) is 32.1 Å².